The first-order chi connectivity index (χ1) is 16.3. The summed E-state index contributed by atoms with van der Waals surface area (Å²) in [7, 11) is 3.07. The summed E-state index contributed by atoms with van der Waals surface area (Å²) in [5, 5.41) is 3.88. The van der Waals surface area contributed by atoms with Gasteiger partial charge < -0.3 is 24.4 Å². The summed E-state index contributed by atoms with van der Waals surface area (Å²) >= 11 is 12.2. The van der Waals surface area contributed by atoms with Crippen molar-refractivity contribution in [2.45, 2.75) is 51.2 Å². The number of carbonyl (C=O) groups excluding carboxylic acids is 2. The Balaban J connectivity index is 1.76. The molecule has 0 unspecified atom stereocenters. The third kappa shape index (κ3) is 6.93. The predicted octanol–water partition coefficient (Wildman–Crippen LogP) is 4.87. The molecule has 1 aliphatic rings. The molecule has 0 bridgehead atoms. The van der Waals surface area contributed by atoms with Gasteiger partial charge in [-0.15, -0.1) is 0 Å². The highest BCUT2D eigenvalue weighted by atomic mass is 35.5. The van der Waals surface area contributed by atoms with Crippen LogP contribution in [-0.2, 0) is 16.1 Å². The molecular formula is C25H30Cl2N2O5. The molecule has 184 valence electrons. The van der Waals surface area contributed by atoms with E-state index in [1.807, 2.05) is 0 Å². The Bertz CT molecular complexity index is 989. The van der Waals surface area contributed by atoms with E-state index in [1.54, 1.807) is 43.3 Å². The quantitative estimate of drug-likeness (QED) is 0.495. The van der Waals surface area contributed by atoms with Gasteiger partial charge in [0, 0.05) is 30.8 Å². The van der Waals surface area contributed by atoms with Crippen LogP contribution >= 0.6 is 23.2 Å². The normalized spacial score (nSPS) is 14.4. The monoisotopic (exact) mass is 508 g/mol. The van der Waals surface area contributed by atoms with E-state index >= 15 is 0 Å². The second kappa shape index (κ2) is 12.2. The number of hydrogen-bond donors (Lipinski definition) is 1. The molecule has 1 fully saturated rings. The first-order valence-corrected chi connectivity index (χ1v) is 12.0. The van der Waals surface area contributed by atoms with Crippen LogP contribution in [0.3, 0.4) is 0 Å². The SMILES string of the molecule is COc1cc(OC)cc(OCC(=O)N(Cc2ccc(Cl)c(Cl)c2)[C@H](C)C(=O)NC2CCCC2)c1. The lowest BCUT2D eigenvalue weighted by Gasteiger charge is -2.29. The van der Waals surface area contributed by atoms with Gasteiger partial charge in [0.2, 0.25) is 5.91 Å². The second-order valence-corrected chi connectivity index (χ2v) is 9.09. The average molecular weight is 509 g/mol. The van der Waals surface area contributed by atoms with Crippen molar-refractivity contribution in [1.29, 1.82) is 0 Å². The zero-order valence-electron chi connectivity index (χ0n) is 19.6. The topological polar surface area (TPSA) is 77.1 Å². The van der Waals surface area contributed by atoms with Crippen LogP contribution in [0.1, 0.15) is 38.2 Å². The van der Waals surface area contributed by atoms with Crippen LogP contribution in [0.4, 0.5) is 0 Å². The number of hydrogen-bond acceptors (Lipinski definition) is 5. The lowest BCUT2D eigenvalue weighted by atomic mass is 10.1. The van der Waals surface area contributed by atoms with Gasteiger partial charge in [0.25, 0.3) is 5.91 Å². The van der Waals surface area contributed by atoms with Crippen molar-refractivity contribution in [1.82, 2.24) is 10.2 Å². The molecule has 1 aliphatic carbocycles. The van der Waals surface area contributed by atoms with Gasteiger partial charge in [-0.25, -0.2) is 0 Å². The predicted molar refractivity (Wildman–Crippen MR) is 132 cm³/mol. The van der Waals surface area contributed by atoms with E-state index in [1.165, 1.54) is 19.1 Å². The molecule has 0 heterocycles. The summed E-state index contributed by atoms with van der Waals surface area (Å²) in [5.41, 5.74) is 0.756. The van der Waals surface area contributed by atoms with E-state index in [0.29, 0.717) is 27.3 Å². The fraction of sp³-hybridized carbons (Fsp3) is 0.440. The van der Waals surface area contributed by atoms with Gasteiger partial charge >= 0.3 is 0 Å². The van der Waals surface area contributed by atoms with Crippen molar-refractivity contribution in [2.75, 3.05) is 20.8 Å². The summed E-state index contributed by atoms with van der Waals surface area (Å²) in [4.78, 5) is 27.7. The fourth-order valence-corrected chi connectivity index (χ4v) is 4.22. The molecule has 3 rings (SSSR count). The van der Waals surface area contributed by atoms with Crippen LogP contribution in [0.5, 0.6) is 17.2 Å². The van der Waals surface area contributed by atoms with Crippen molar-refractivity contribution in [3.05, 3.63) is 52.0 Å². The molecule has 2 amide bonds. The van der Waals surface area contributed by atoms with Gasteiger partial charge in [0.15, 0.2) is 6.61 Å². The van der Waals surface area contributed by atoms with Crippen molar-refractivity contribution in [2.24, 2.45) is 0 Å². The number of halogens is 2. The van der Waals surface area contributed by atoms with Crippen LogP contribution < -0.4 is 19.5 Å². The standard InChI is InChI=1S/C25H30Cl2N2O5/c1-16(25(31)28-18-6-4-5-7-18)29(14-17-8-9-22(26)23(27)10-17)24(30)15-34-21-12-19(32-2)11-20(13-21)33-3/h8-13,16,18H,4-7,14-15H2,1-3H3,(H,28,31)/t16-/m1/s1. The largest absolute Gasteiger partial charge is 0.496 e. The molecule has 9 heteroatoms. The van der Waals surface area contributed by atoms with Gasteiger partial charge in [-0.2, -0.15) is 0 Å². The molecule has 2 aromatic rings. The summed E-state index contributed by atoms with van der Waals surface area (Å²) < 4.78 is 16.3. The van der Waals surface area contributed by atoms with E-state index in [4.69, 9.17) is 37.4 Å². The first-order valence-electron chi connectivity index (χ1n) is 11.2. The Morgan fingerprint density at radius 1 is 1.00 bits per heavy atom. The molecule has 1 atom stereocenters. The highest BCUT2D eigenvalue weighted by Crippen LogP contribution is 2.28. The van der Waals surface area contributed by atoms with E-state index < -0.39 is 6.04 Å². The third-order valence-corrected chi connectivity index (χ3v) is 6.63. The molecule has 0 aromatic heterocycles. The van der Waals surface area contributed by atoms with Crippen molar-refractivity contribution in [3.8, 4) is 17.2 Å². The molecule has 1 N–H and O–H groups in total. The summed E-state index contributed by atoms with van der Waals surface area (Å²) in [6, 6.07) is 9.63. The number of ether oxygens (including phenoxy) is 3. The molecule has 0 spiro atoms. The molecule has 0 saturated heterocycles. The number of nitrogens with one attached hydrogen (secondary N) is 1. The van der Waals surface area contributed by atoms with Crippen LogP contribution in [0.2, 0.25) is 10.0 Å². The van der Waals surface area contributed by atoms with Gasteiger partial charge in [-0.3, -0.25) is 9.59 Å². The minimum atomic E-state index is -0.703. The zero-order chi connectivity index (χ0) is 24.7. The maximum absolute atomic E-state index is 13.3. The Morgan fingerprint density at radius 3 is 2.21 bits per heavy atom. The zero-order valence-corrected chi connectivity index (χ0v) is 21.1. The van der Waals surface area contributed by atoms with Gasteiger partial charge in [-0.05, 0) is 37.5 Å². The second-order valence-electron chi connectivity index (χ2n) is 8.27. The minimum Gasteiger partial charge on any atom is -0.496 e. The molecule has 2 aromatic carbocycles. The smallest absolute Gasteiger partial charge is 0.261 e. The highest BCUT2D eigenvalue weighted by Gasteiger charge is 2.29. The Morgan fingerprint density at radius 2 is 1.62 bits per heavy atom. The Kier molecular flexibility index (Phi) is 9.30. The van der Waals surface area contributed by atoms with Crippen molar-refractivity contribution in [3.63, 3.8) is 0 Å². The van der Waals surface area contributed by atoms with E-state index in [9.17, 15) is 9.59 Å². The Hall–Kier alpha value is -2.64. The van der Waals surface area contributed by atoms with Gasteiger partial charge in [0.1, 0.15) is 23.3 Å². The molecule has 0 aliphatic heterocycles. The molecule has 0 radical (unpaired) electrons. The highest BCUT2D eigenvalue weighted by molar-refractivity contribution is 6.42. The van der Waals surface area contributed by atoms with E-state index in [-0.39, 0.29) is 31.0 Å². The maximum Gasteiger partial charge on any atom is 0.261 e. The molecule has 7 nitrogen and oxygen atoms in total. The minimum absolute atomic E-state index is 0.150. The number of rotatable bonds is 10. The lowest BCUT2D eigenvalue weighted by Crippen LogP contribution is -2.50. The van der Waals surface area contributed by atoms with E-state index in [2.05, 4.69) is 5.32 Å². The van der Waals surface area contributed by atoms with E-state index in [0.717, 1.165) is 31.2 Å². The summed E-state index contributed by atoms with van der Waals surface area (Å²) in [5.74, 6) is 0.963. The molecule has 34 heavy (non-hydrogen) atoms. The third-order valence-electron chi connectivity index (χ3n) is 5.89. The fourth-order valence-electron chi connectivity index (χ4n) is 3.90. The number of carbonyl (C=O) groups is 2. The van der Waals surface area contributed by atoms with Crippen LogP contribution in [0, 0.1) is 0 Å². The number of benzene rings is 2. The number of nitrogens with zero attached hydrogens (tertiary/aromatic N) is 1. The molecule has 1 saturated carbocycles. The van der Waals surface area contributed by atoms with Crippen molar-refractivity contribution < 1.29 is 23.8 Å². The van der Waals surface area contributed by atoms with Crippen LogP contribution in [0.15, 0.2) is 36.4 Å². The summed E-state index contributed by atoms with van der Waals surface area (Å²) in [6.45, 7) is 1.63. The summed E-state index contributed by atoms with van der Waals surface area (Å²) in [6.07, 6.45) is 4.12. The van der Waals surface area contributed by atoms with Crippen LogP contribution in [0.25, 0.3) is 0 Å². The Labute approximate surface area is 210 Å². The molecular weight excluding hydrogens is 479 g/mol. The number of amides is 2. The first kappa shape index (κ1) is 26.0. The van der Waals surface area contributed by atoms with Gasteiger partial charge in [0.05, 0.1) is 24.3 Å². The number of methoxy groups -OCH3 is 2. The van der Waals surface area contributed by atoms with Crippen molar-refractivity contribution >= 4 is 35.0 Å². The lowest BCUT2D eigenvalue weighted by molar-refractivity contribution is -0.142. The van der Waals surface area contributed by atoms with Crippen LogP contribution in [-0.4, -0.2) is 49.6 Å². The van der Waals surface area contributed by atoms with Gasteiger partial charge in [-0.1, -0.05) is 42.1 Å². The average Bonchev–Trinajstić information content (AvgIpc) is 3.35. The maximum atomic E-state index is 13.3.